The molecule has 0 spiro atoms. The fourth-order valence-corrected chi connectivity index (χ4v) is 4.66. The molecule has 1 fully saturated rings. The summed E-state index contributed by atoms with van der Waals surface area (Å²) in [7, 11) is 0. The molecule has 6 nitrogen and oxygen atoms in total. The predicted molar refractivity (Wildman–Crippen MR) is 125 cm³/mol. The van der Waals surface area contributed by atoms with Crippen molar-refractivity contribution < 1.29 is 9.18 Å². The van der Waals surface area contributed by atoms with E-state index in [4.69, 9.17) is 0 Å². The number of hydrogen-bond donors (Lipinski definition) is 1. The van der Waals surface area contributed by atoms with Crippen molar-refractivity contribution >= 4 is 23.9 Å². The van der Waals surface area contributed by atoms with Gasteiger partial charge in [0.25, 0.3) is 5.91 Å². The number of carbonyl (C=O) groups excluding carboxylic acids is 1. The number of carbonyl (C=O) groups is 1. The van der Waals surface area contributed by atoms with Gasteiger partial charge in [0.2, 0.25) is 0 Å². The summed E-state index contributed by atoms with van der Waals surface area (Å²) in [6.45, 7) is 2.06. The first-order valence-corrected chi connectivity index (χ1v) is 11.8. The van der Waals surface area contributed by atoms with Gasteiger partial charge in [0, 0.05) is 17.2 Å². The summed E-state index contributed by atoms with van der Waals surface area (Å²) in [5.74, 6) is 0.326. The van der Waals surface area contributed by atoms with Crippen molar-refractivity contribution in [2.45, 2.75) is 50.2 Å². The van der Waals surface area contributed by atoms with E-state index in [1.165, 1.54) is 48.9 Å². The van der Waals surface area contributed by atoms with Gasteiger partial charge >= 0.3 is 0 Å². The van der Waals surface area contributed by atoms with E-state index in [-0.39, 0.29) is 17.5 Å². The lowest BCUT2D eigenvalue weighted by molar-refractivity contribution is -0.118. The Hall–Kier alpha value is -3.00. The first-order valence-electron chi connectivity index (χ1n) is 10.8. The third-order valence-corrected chi connectivity index (χ3v) is 6.49. The van der Waals surface area contributed by atoms with Gasteiger partial charge in [0.1, 0.15) is 5.82 Å². The van der Waals surface area contributed by atoms with Crippen molar-refractivity contribution in [2.75, 3.05) is 5.75 Å². The summed E-state index contributed by atoms with van der Waals surface area (Å²) in [5, 5.41) is 13.5. The number of nitrogens with one attached hydrogen (secondary N) is 1. The molecular weight excluding hydrogens is 425 g/mol. The maximum absolute atomic E-state index is 13.6. The van der Waals surface area contributed by atoms with Crippen LogP contribution in [0.1, 0.15) is 49.3 Å². The Kier molecular flexibility index (Phi) is 7.32. The van der Waals surface area contributed by atoms with Gasteiger partial charge in [0.05, 0.1) is 12.0 Å². The van der Waals surface area contributed by atoms with Gasteiger partial charge in [-0.3, -0.25) is 9.36 Å². The highest BCUT2D eigenvalue weighted by Crippen LogP contribution is 2.35. The normalized spacial score (nSPS) is 14.7. The van der Waals surface area contributed by atoms with Crippen LogP contribution in [-0.2, 0) is 4.79 Å². The molecule has 166 valence electrons. The second kappa shape index (κ2) is 10.5. The molecule has 0 unspecified atom stereocenters. The molecule has 32 heavy (non-hydrogen) atoms. The number of hydrazone groups is 1. The quantitative estimate of drug-likeness (QED) is 0.307. The van der Waals surface area contributed by atoms with Crippen molar-refractivity contribution in [3.8, 4) is 11.4 Å². The predicted octanol–water partition coefficient (Wildman–Crippen LogP) is 5.14. The van der Waals surface area contributed by atoms with Gasteiger partial charge in [-0.1, -0.05) is 79.1 Å². The van der Waals surface area contributed by atoms with Crippen LogP contribution in [0, 0.1) is 12.7 Å². The molecule has 1 amide bonds. The molecule has 3 aromatic rings. The van der Waals surface area contributed by atoms with E-state index >= 15 is 0 Å². The Morgan fingerprint density at radius 1 is 1.16 bits per heavy atom. The molecular formula is C24H26FN5OS. The number of benzene rings is 2. The minimum Gasteiger partial charge on any atom is -0.299 e. The number of nitrogens with zero attached hydrogens (tertiary/aromatic N) is 4. The van der Waals surface area contributed by atoms with E-state index in [0.29, 0.717) is 11.6 Å². The standard InChI is InChI=1S/C24H26FN5OS/c1-17-11-13-18(14-12-17)23-28-29-24(30(23)20-8-3-2-4-9-20)32-16-22(31)27-26-15-19-7-5-6-10-21(19)25/h5-7,10-15,20H,2-4,8-9,16H2,1H3,(H,27,31). The van der Waals surface area contributed by atoms with E-state index in [2.05, 4.69) is 56.5 Å². The summed E-state index contributed by atoms with van der Waals surface area (Å²) in [5.41, 5.74) is 5.00. The Morgan fingerprint density at radius 2 is 1.91 bits per heavy atom. The molecule has 2 aromatic carbocycles. The Labute approximate surface area is 191 Å². The van der Waals surface area contributed by atoms with E-state index < -0.39 is 0 Å². The summed E-state index contributed by atoms with van der Waals surface area (Å²) < 4.78 is 15.8. The van der Waals surface area contributed by atoms with Crippen molar-refractivity contribution in [2.24, 2.45) is 5.10 Å². The minimum atomic E-state index is -0.385. The fraction of sp³-hybridized carbons (Fsp3) is 0.333. The maximum Gasteiger partial charge on any atom is 0.250 e. The second-order valence-corrected chi connectivity index (χ2v) is 8.88. The highest BCUT2D eigenvalue weighted by atomic mass is 32.2. The average Bonchev–Trinajstić information content (AvgIpc) is 3.24. The number of aryl methyl sites for hydroxylation is 1. The average molecular weight is 452 g/mol. The highest BCUT2D eigenvalue weighted by molar-refractivity contribution is 7.99. The Morgan fingerprint density at radius 3 is 2.66 bits per heavy atom. The smallest absolute Gasteiger partial charge is 0.250 e. The molecule has 1 aromatic heterocycles. The largest absolute Gasteiger partial charge is 0.299 e. The number of aromatic nitrogens is 3. The summed E-state index contributed by atoms with van der Waals surface area (Å²) in [6, 6.07) is 14.9. The molecule has 0 aliphatic heterocycles. The molecule has 1 aliphatic rings. The number of halogens is 1. The lowest BCUT2D eigenvalue weighted by Crippen LogP contribution is -2.21. The van der Waals surface area contributed by atoms with E-state index in [9.17, 15) is 9.18 Å². The Balaban J connectivity index is 1.46. The maximum atomic E-state index is 13.6. The van der Waals surface area contributed by atoms with Crippen LogP contribution in [-0.4, -0.2) is 32.6 Å². The Bertz CT molecular complexity index is 1090. The van der Waals surface area contributed by atoms with Gasteiger partial charge in [-0.25, -0.2) is 9.82 Å². The van der Waals surface area contributed by atoms with Crippen LogP contribution >= 0.6 is 11.8 Å². The van der Waals surface area contributed by atoms with Gasteiger partial charge in [-0.05, 0) is 25.8 Å². The van der Waals surface area contributed by atoms with Crippen LogP contribution in [0.3, 0.4) is 0 Å². The molecule has 1 aliphatic carbocycles. The molecule has 4 rings (SSSR count). The summed E-state index contributed by atoms with van der Waals surface area (Å²) in [6.07, 6.45) is 7.10. The number of rotatable bonds is 7. The van der Waals surface area contributed by atoms with Gasteiger partial charge in [-0.2, -0.15) is 5.10 Å². The van der Waals surface area contributed by atoms with E-state index in [0.717, 1.165) is 29.4 Å². The fourth-order valence-electron chi connectivity index (χ4n) is 3.86. The molecule has 0 atom stereocenters. The summed E-state index contributed by atoms with van der Waals surface area (Å²) in [4.78, 5) is 12.3. The molecule has 0 radical (unpaired) electrons. The molecule has 0 saturated heterocycles. The van der Waals surface area contributed by atoms with E-state index in [1.54, 1.807) is 18.2 Å². The minimum absolute atomic E-state index is 0.146. The van der Waals surface area contributed by atoms with Crippen LogP contribution in [0.2, 0.25) is 0 Å². The zero-order chi connectivity index (χ0) is 22.3. The molecule has 1 heterocycles. The van der Waals surface area contributed by atoms with Gasteiger partial charge in [0.15, 0.2) is 11.0 Å². The van der Waals surface area contributed by atoms with Crippen molar-refractivity contribution in [1.29, 1.82) is 0 Å². The van der Waals surface area contributed by atoms with Crippen molar-refractivity contribution in [3.05, 3.63) is 65.5 Å². The monoisotopic (exact) mass is 451 g/mol. The number of hydrogen-bond acceptors (Lipinski definition) is 5. The molecule has 8 heteroatoms. The van der Waals surface area contributed by atoms with Crippen LogP contribution in [0.25, 0.3) is 11.4 Å². The van der Waals surface area contributed by atoms with E-state index in [1.807, 2.05) is 0 Å². The van der Waals surface area contributed by atoms with Crippen LogP contribution < -0.4 is 5.43 Å². The van der Waals surface area contributed by atoms with Crippen LogP contribution in [0.4, 0.5) is 4.39 Å². The number of amides is 1. The van der Waals surface area contributed by atoms with Gasteiger partial charge < -0.3 is 0 Å². The van der Waals surface area contributed by atoms with Crippen molar-refractivity contribution in [1.82, 2.24) is 20.2 Å². The lowest BCUT2D eigenvalue weighted by atomic mass is 9.95. The molecule has 1 N–H and O–H groups in total. The SMILES string of the molecule is Cc1ccc(-c2nnc(SCC(=O)NN=Cc3ccccc3F)n2C2CCCCC2)cc1. The zero-order valence-electron chi connectivity index (χ0n) is 18.0. The number of thioether (sulfide) groups is 1. The first-order chi connectivity index (χ1) is 15.6. The molecule has 0 bridgehead atoms. The lowest BCUT2D eigenvalue weighted by Gasteiger charge is -2.25. The van der Waals surface area contributed by atoms with Crippen LogP contribution in [0.5, 0.6) is 0 Å². The highest BCUT2D eigenvalue weighted by Gasteiger charge is 2.24. The first kappa shape index (κ1) is 22.2. The third kappa shape index (κ3) is 5.43. The zero-order valence-corrected chi connectivity index (χ0v) is 18.8. The second-order valence-electron chi connectivity index (χ2n) is 7.94. The topological polar surface area (TPSA) is 72.2 Å². The van der Waals surface area contributed by atoms with Gasteiger partial charge in [-0.15, -0.1) is 10.2 Å². The summed E-state index contributed by atoms with van der Waals surface area (Å²) >= 11 is 1.35. The van der Waals surface area contributed by atoms with Crippen LogP contribution in [0.15, 0.2) is 58.8 Å². The van der Waals surface area contributed by atoms with Crippen molar-refractivity contribution in [3.63, 3.8) is 0 Å². The molecule has 1 saturated carbocycles. The third-order valence-electron chi connectivity index (χ3n) is 5.54.